The van der Waals surface area contributed by atoms with Crippen molar-refractivity contribution in [2.45, 2.75) is 6.61 Å². The van der Waals surface area contributed by atoms with Crippen LogP contribution in [0.4, 0.5) is 0 Å². The van der Waals surface area contributed by atoms with Crippen LogP contribution in [0.1, 0.15) is 16.2 Å². The number of hydrogen-bond acceptors (Lipinski definition) is 6. The molecule has 0 amide bonds. The lowest BCUT2D eigenvalue weighted by Crippen LogP contribution is -2.06. The van der Waals surface area contributed by atoms with E-state index in [1.54, 1.807) is 37.4 Å². The normalized spacial score (nSPS) is 10.4. The van der Waals surface area contributed by atoms with Crippen LogP contribution in [0.25, 0.3) is 11.4 Å². The van der Waals surface area contributed by atoms with Crippen LogP contribution in [-0.4, -0.2) is 23.2 Å². The highest BCUT2D eigenvalue weighted by molar-refractivity contribution is 6.33. The van der Waals surface area contributed by atoms with Crippen LogP contribution in [0.3, 0.4) is 0 Å². The van der Waals surface area contributed by atoms with E-state index in [1.165, 1.54) is 0 Å². The Morgan fingerprint density at radius 3 is 2.71 bits per heavy atom. The van der Waals surface area contributed by atoms with Crippen molar-refractivity contribution in [1.29, 1.82) is 0 Å². The van der Waals surface area contributed by atoms with E-state index in [9.17, 15) is 4.79 Å². The zero-order valence-corrected chi connectivity index (χ0v) is 13.5. The first-order valence-corrected chi connectivity index (χ1v) is 7.44. The molecule has 0 atom stereocenters. The van der Waals surface area contributed by atoms with Gasteiger partial charge in [0.1, 0.15) is 5.75 Å². The van der Waals surface area contributed by atoms with Crippen LogP contribution in [0.15, 0.2) is 53.1 Å². The molecule has 3 rings (SSSR count). The molecule has 2 aromatic carbocycles. The van der Waals surface area contributed by atoms with Crippen LogP contribution in [0.2, 0.25) is 5.02 Å². The van der Waals surface area contributed by atoms with Crippen LogP contribution in [-0.2, 0) is 11.3 Å². The molecule has 0 radical (unpaired) electrons. The second kappa shape index (κ2) is 7.14. The third kappa shape index (κ3) is 3.38. The number of benzene rings is 2. The summed E-state index contributed by atoms with van der Waals surface area (Å²) in [5.41, 5.74) is 0.969. The second-order valence-corrected chi connectivity index (χ2v) is 5.18. The average molecular weight is 345 g/mol. The summed E-state index contributed by atoms with van der Waals surface area (Å²) in [6.07, 6.45) is 0. The molecule has 24 heavy (non-hydrogen) atoms. The van der Waals surface area contributed by atoms with Crippen molar-refractivity contribution in [2.75, 3.05) is 7.11 Å². The number of halogens is 1. The SMILES string of the molecule is COc1ccccc1-c1noc(COC(=O)c2ccccc2Cl)n1. The molecule has 1 heterocycles. The lowest BCUT2D eigenvalue weighted by Gasteiger charge is -2.03. The molecule has 0 fully saturated rings. The third-order valence-electron chi connectivity index (χ3n) is 3.24. The first-order chi connectivity index (χ1) is 11.7. The minimum absolute atomic E-state index is 0.147. The monoisotopic (exact) mass is 344 g/mol. The molecular weight excluding hydrogens is 332 g/mol. The maximum absolute atomic E-state index is 12.0. The zero-order valence-electron chi connectivity index (χ0n) is 12.7. The number of carbonyl (C=O) groups is 1. The van der Waals surface area contributed by atoms with Crippen molar-refractivity contribution in [3.05, 3.63) is 65.0 Å². The van der Waals surface area contributed by atoms with Crippen LogP contribution < -0.4 is 4.74 Å². The molecule has 0 aliphatic rings. The Hall–Kier alpha value is -2.86. The third-order valence-corrected chi connectivity index (χ3v) is 3.57. The molecule has 122 valence electrons. The number of ether oxygens (including phenoxy) is 2. The van der Waals surface area contributed by atoms with Crippen molar-refractivity contribution in [1.82, 2.24) is 10.1 Å². The van der Waals surface area contributed by atoms with Gasteiger partial charge in [-0.15, -0.1) is 0 Å². The molecule has 0 spiro atoms. The van der Waals surface area contributed by atoms with Crippen molar-refractivity contribution in [2.24, 2.45) is 0 Å². The van der Waals surface area contributed by atoms with Gasteiger partial charge < -0.3 is 14.0 Å². The number of para-hydroxylation sites is 1. The summed E-state index contributed by atoms with van der Waals surface area (Å²) in [7, 11) is 1.56. The summed E-state index contributed by atoms with van der Waals surface area (Å²) in [5, 5.41) is 4.20. The minimum Gasteiger partial charge on any atom is -0.496 e. The highest BCUT2D eigenvalue weighted by atomic mass is 35.5. The standard InChI is InChI=1S/C17H13ClN2O4/c1-22-14-9-5-3-7-12(14)16-19-15(24-20-16)10-23-17(21)11-6-2-4-8-13(11)18/h2-9H,10H2,1H3. The average Bonchev–Trinajstić information content (AvgIpc) is 3.09. The van der Waals surface area contributed by atoms with E-state index in [4.69, 9.17) is 25.6 Å². The van der Waals surface area contributed by atoms with Crippen molar-refractivity contribution in [3.63, 3.8) is 0 Å². The summed E-state index contributed by atoms with van der Waals surface area (Å²) in [6.45, 7) is -0.147. The molecular formula is C17H13ClN2O4. The predicted molar refractivity (Wildman–Crippen MR) is 86.9 cm³/mol. The summed E-state index contributed by atoms with van der Waals surface area (Å²) >= 11 is 5.95. The summed E-state index contributed by atoms with van der Waals surface area (Å²) in [6, 6.07) is 13.9. The Bertz CT molecular complexity index is 863. The van der Waals surface area contributed by atoms with Gasteiger partial charge in [0.15, 0.2) is 6.61 Å². The molecule has 0 aliphatic carbocycles. The van der Waals surface area contributed by atoms with Gasteiger partial charge in [0, 0.05) is 0 Å². The van der Waals surface area contributed by atoms with E-state index >= 15 is 0 Å². The first kappa shape index (κ1) is 16.0. The lowest BCUT2D eigenvalue weighted by atomic mass is 10.2. The Morgan fingerprint density at radius 2 is 1.92 bits per heavy atom. The topological polar surface area (TPSA) is 74.5 Å². The Kier molecular flexibility index (Phi) is 4.77. The quantitative estimate of drug-likeness (QED) is 0.656. The molecule has 0 unspecified atom stereocenters. The molecule has 7 heteroatoms. The van der Waals surface area contributed by atoms with Crippen molar-refractivity contribution < 1.29 is 18.8 Å². The number of methoxy groups -OCH3 is 1. The molecule has 1 aromatic heterocycles. The molecule has 0 saturated carbocycles. The highest BCUT2D eigenvalue weighted by Gasteiger charge is 2.16. The van der Waals surface area contributed by atoms with Gasteiger partial charge in [0.05, 0.1) is 23.3 Å². The van der Waals surface area contributed by atoms with Gasteiger partial charge in [-0.3, -0.25) is 0 Å². The maximum atomic E-state index is 12.0. The molecule has 0 bridgehead atoms. The van der Waals surface area contributed by atoms with Crippen molar-refractivity contribution in [3.8, 4) is 17.1 Å². The molecule has 0 saturated heterocycles. The van der Waals surface area contributed by atoms with Gasteiger partial charge in [0.2, 0.25) is 5.82 Å². The number of rotatable bonds is 5. The van der Waals surface area contributed by atoms with E-state index in [0.717, 1.165) is 0 Å². The summed E-state index contributed by atoms with van der Waals surface area (Å²) in [4.78, 5) is 16.2. The Balaban J connectivity index is 1.71. The van der Waals surface area contributed by atoms with Gasteiger partial charge in [-0.1, -0.05) is 41.0 Å². The van der Waals surface area contributed by atoms with E-state index < -0.39 is 5.97 Å². The van der Waals surface area contributed by atoms with E-state index in [-0.39, 0.29) is 18.1 Å². The number of esters is 1. The van der Waals surface area contributed by atoms with Crippen LogP contribution >= 0.6 is 11.6 Å². The van der Waals surface area contributed by atoms with E-state index in [0.29, 0.717) is 22.2 Å². The van der Waals surface area contributed by atoms with E-state index in [1.807, 2.05) is 18.2 Å². The van der Waals surface area contributed by atoms with Gasteiger partial charge in [-0.05, 0) is 24.3 Å². The molecule has 6 nitrogen and oxygen atoms in total. The fourth-order valence-corrected chi connectivity index (χ4v) is 2.30. The second-order valence-electron chi connectivity index (χ2n) is 4.77. The number of aromatic nitrogens is 2. The van der Waals surface area contributed by atoms with Crippen LogP contribution in [0.5, 0.6) is 5.75 Å². The fraction of sp³-hybridized carbons (Fsp3) is 0.118. The van der Waals surface area contributed by atoms with E-state index in [2.05, 4.69) is 10.1 Å². The fourth-order valence-electron chi connectivity index (χ4n) is 2.08. The van der Waals surface area contributed by atoms with Crippen LogP contribution in [0, 0.1) is 0 Å². The zero-order chi connectivity index (χ0) is 16.9. The summed E-state index contributed by atoms with van der Waals surface area (Å²) < 4.78 is 15.5. The smallest absolute Gasteiger partial charge is 0.340 e. The Morgan fingerprint density at radius 1 is 1.17 bits per heavy atom. The molecule has 0 N–H and O–H groups in total. The number of hydrogen-bond donors (Lipinski definition) is 0. The molecule has 3 aromatic rings. The van der Waals surface area contributed by atoms with Gasteiger partial charge in [-0.2, -0.15) is 4.98 Å². The number of carbonyl (C=O) groups excluding carboxylic acids is 1. The maximum Gasteiger partial charge on any atom is 0.340 e. The highest BCUT2D eigenvalue weighted by Crippen LogP contribution is 2.27. The largest absolute Gasteiger partial charge is 0.496 e. The summed E-state index contributed by atoms with van der Waals surface area (Å²) in [5.74, 6) is 0.600. The lowest BCUT2D eigenvalue weighted by molar-refractivity contribution is 0.0430. The van der Waals surface area contributed by atoms with Gasteiger partial charge in [0.25, 0.3) is 5.89 Å². The first-order valence-electron chi connectivity index (χ1n) is 7.06. The van der Waals surface area contributed by atoms with Gasteiger partial charge in [-0.25, -0.2) is 4.79 Å². The minimum atomic E-state index is -0.558. The number of nitrogens with zero attached hydrogens (tertiary/aromatic N) is 2. The predicted octanol–water partition coefficient (Wildman–Crippen LogP) is 3.76. The van der Waals surface area contributed by atoms with Gasteiger partial charge >= 0.3 is 5.97 Å². The van der Waals surface area contributed by atoms with Crippen molar-refractivity contribution >= 4 is 17.6 Å². The Labute approximate surface area is 143 Å². The molecule has 0 aliphatic heterocycles.